The zero-order valence-corrected chi connectivity index (χ0v) is 6.33. The summed E-state index contributed by atoms with van der Waals surface area (Å²) in [6.07, 6.45) is 5.15. The van der Waals surface area contributed by atoms with Crippen LogP contribution in [0.5, 0.6) is 0 Å². The van der Waals surface area contributed by atoms with Gasteiger partial charge in [-0.2, -0.15) is 0 Å². The first-order valence-electron chi connectivity index (χ1n) is 3.12. The average Bonchev–Trinajstić information content (AvgIpc) is 1.81. The van der Waals surface area contributed by atoms with Crippen LogP contribution in [0.4, 0.5) is 0 Å². The molecular formula is C7H13N3. The second-order valence-corrected chi connectivity index (χ2v) is 2.41. The minimum atomic E-state index is -0.190. The minimum absolute atomic E-state index is 0.0525. The first kappa shape index (κ1) is 8.83. The van der Waals surface area contributed by atoms with Crippen LogP contribution < -0.4 is 11.5 Å². The summed E-state index contributed by atoms with van der Waals surface area (Å²) >= 11 is 0. The van der Waals surface area contributed by atoms with E-state index in [4.69, 9.17) is 17.9 Å². The van der Waals surface area contributed by atoms with Gasteiger partial charge in [-0.3, -0.25) is 0 Å². The molecule has 0 aliphatic carbocycles. The summed E-state index contributed by atoms with van der Waals surface area (Å²) in [5.41, 5.74) is 10.3. The molecule has 0 bridgehead atoms. The monoisotopic (exact) mass is 139 g/mol. The highest BCUT2D eigenvalue weighted by atomic mass is 15.0. The Morgan fingerprint density at radius 3 is 2.10 bits per heavy atom. The van der Waals surface area contributed by atoms with Crippen molar-refractivity contribution in [1.29, 1.82) is 0 Å². The number of terminal acetylenes is 1. The molecule has 0 amide bonds. The summed E-state index contributed by atoms with van der Waals surface area (Å²) in [4.78, 5) is 3.83. The first-order chi connectivity index (χ1) is 4.57. The van der Waals surface area contributed by atoms with Gasteiger partial charge in [-0.15, -0.1) is 6.42 Å². The topological polar surface area (TPSA) is 64.4 Å². The summed E-state index contributed by atoms with van der Waals surface area (Å²) < 4.78 is 0. The Bertz CT molecular complexity index is 160. The van der Waals surface area contributed by atoms with E-state index in [2.05, 4.69) is 10.9 Å². The Labute approximate surface area is 61.5 Å². The largest absolute Gasteiger partial charge is 0.370 e. The fraction of sp³-hybridized carbons (Fsp3) is 0.571. The van der Waals surface area contributed by atoms with Gasteiger partial charge in [-0.25, -0.2) is 4.99 Å². The first-order valence-corrected chi connectivity index (χ1v) is 3.12. The van der Waals surface area contributed by atoms with Gasteiger partial charge in [0.15, 0.2) is 5.96 Å². The van der Waals surface area contributed by atoms with E-state index < -0.39 is 0 Å². The molecule has 0 spiro atoms. The van der Waals surface area contributed by atoms with Crippen molar-refractivity contribution in [2.24, 2.45) is 22.4 Å². The standard InChI is InChI=1S/C7H13N3/c1-4-6(5(2)3)10-7(8)9/h1,5-6H,2-3H3,(H4,8,9,10). The molecule has 0 fully saturated rings. The van der Waals surface area contributed by atoms with Crippen LogP contribution in [0, 0.1) is 18.3 Å². The van der Waals surface area contributed by atoms with Crippen LogP contribution in [0.1, 0.15) is 13.8 Å². The maximum Gasteiger partial charge on any atom is 0.187 e. The van der Waals surface area contributed by atoms with Gasteiger partial charge >= 0.3 is 0 Å². The van der Waals surface area contributed by atoms with Crippen molar-refractivity contribution in [2.75, 3.05) is 0 Å². The predicted octanol–water partition coefficient (Wildman–Crippen LogP) is -0.0824. The zero-order valence-electron chi connectivity index (χ0n) is 6.33. The van der Waals surface area contributed by atoms with E-state index in [-0.39, 0.29) is 17.9 Å². The molecule has 4 N–H and O–H groups in total. The van der Waals surface area contributed by atoms with Gasteiger partial charge in [0, 0.05) is 0 Å². The van der Waals surface area contributed by atoms with Crippen molar-refractivity contribution in [3.63, 3.8) is 0 Å². The molecule has 0 radical (unpaired) electrons. The van der Waals surface area contributed by atoms with Crippen LogP contribution in [0.15, 0.2) is 4.99 Å². The van der Waals surface area contributed by atoms with Crippen LogP contribution in [0.2, 0.25) is 0 Å². The van der Waals surface area contributed by atoms with E-state index in [1.807, 2.05) is 13.8 Å². The summed E-state index contributed by atoms with van der Waals surface area (Å²) in [6, 6.07) is -0.190. The predicted molar refractivity (Wildman–Crippen MR) is 43.3 cm³/mol. The van der Waals surface area contributed by atoms with E-state index in [1.165, 1.54) is 0 Å². The molecule has 0 saturated carbocycles. The summed E-state index contributed by atoms with van der Waals surface area (Å²) in [5, 5.41) is 0. The number of nitrogens with zero attached hydrogens (tertiary/aromatic N) is 1. The molecule has 56 valence electrons. The van der Waals surface area contributed by atoms with Gasteiger partial charge in [0.25, 0.3) is 0 Å². The zero-order chi connectivity index (χ0) is 8.15. The third-order valence-electron chi connectivity index (χ3n) is 1.09. The molecule has 0 aliphatic rings. The lowest BCUT2D eigenvalue weighted by Gasteiger charge is -2.08. The fourth-order valence-corrected chi connectivity index (χ4v) is 0.539. The van der Waals surface area contributed by atoms with Crippen molar-refractivity contribution in [3.05, 3.63) is 0 Å². The van der Waals surface area contributed by atoms with Gasteiger partial charge in [0.2, 0.25) is 0 Å². The van der Waals surface area contributed by atoms with Gasteiger partial charge in [-0.1, -0.05) is 19.8 Å². The highest BCUT2D eigenvalue weighted by molar-refractivity contribution is 5.76. The lowest BCUT2D eigenvalue weighted by atomic mass is 10.1. The molecule has 1 atom stereocenters. The lowest BCUT2D eigenvalue weighted by Crippen LogP contribution is -2.26. The van der Waals surface area contributed by atoms with E-state index in [1.54, 1.807) is 0 Å². The number of rotatable bonds is 2. The quantitative estimate of drug-likeness (QED) is 0.319. The number of aliphatic imine (C=N–C) groups is 1. The summed E-state index contributed by atoms with van der Waals surface area (Å²) in [5.74, 6) is 2.82. The average molecular weight is 139 g/mol. The van der Waals surface area contributed by atoms with Gasteiger partial charge in [0.1, 0.15) is 6.04 Å². The Morgan fingerprint density at radius 1 is 1.50 bits per heavy atom. The third kappa shape index (κ3) is 2.98. The molecule has 1 unspecified atom stereocenters. The Kier molecular flexibility index (Phi) is 3.34. The molecule has 0 heterocycles. The van der Waals surface area contributed by atoms with Crippen LogP contribution in [0.3, 0.4) is 0 Å². The molecule has 0 saturated heterocycles. The highest BCUT2D eigenvalue weighted by Gasteiger charge is 2.06. The van der Waals surface area contributed by atoms with Gasteiger partial charge in [0.05, 0.1) is 0 Å². The number of guanidine groups is 1. The SMILES string of the molecule is C#CC(N=C(N)N)C(C)C. The second-order valence-electron chi connectivity index (χ2n) is 2.41. The van der Waals surface area contributed by atoms with Crippen molar-refractivity contribution < 1.29 is 0 Å². The van der Waals surface area contributed by atoms with Gasteiger partial charge in [-0.05, 0) is 5.92 Å². The van der Waals surface area contributed by atoms with Crippen LogP contribution in [-0.2, 0) is 0 Å². The number of nitrogens with two attached hydrogens (primary N) is 2. The van der Waals surface area contributed by atoms with Gasteiger partial charge < -0.3 is 11.5 Å². The van der Waals surface area contributed by atoms with Crippen LogP contribution >= 0.6 is 0 Å². The van der Waals surface area contributed by atoms with Crippen LogP contribution in [-0.4, -0.2) is 12.0 Å². The molecule has 3 heteroatoms. The van der Waals surface area contributed by atoms with Crippen molar-refractivity contribution in [1.82, 2.24) is 0 Å². The Morgan fingerprint density at radius 2 is 2.00 bits per heavy atom. The highest BCUT2D eigenvalue weighted by Crippen LogP contribution is 2.03. The van der Waals surface area contributed by atoms with E-state index in [0.29, 0.717) is 0 Å². The molecular weight excluding hydrogens is 126 g/mol. The number of hydrogen-bond donors (Lipinski definition) is 2. The van der Waals surface area contributed by atoms with Crippen molar-refractivity contribution in [2.45, 2.75) is 19.9 Å². The molecule has 0 rings (SSSR count). The van der Waals surface area contributed by atoms with Crippen molar-refractivity contribution in [3.8, 4) is 12.3 Å². The fourth-order valence-electron chi connectivity index (χ4n) is 0.539. The molecule has 0 aliphatic heterocycles. The maximum atomic E-state index is 5.15. The molecule has 3 nitrogen and oxygen atoms in total. The third-order valence-corrected chi connectivity index (χ3v) is 1.09. The molecule has 0 aromatic heterocycles. The number of hydrogen-bond acceptors (Lipinski definition) is 1. The van der Waals surface area contributed by atoms with E-state index in [9.17, 15) is 0 Å². The Balaban J connectivity index is 4.13. The molecule has 0 aromatic rings. The summed E-state index contributed by atoms with van der Waals surface area (Å²) in [6.45, 7) is 3.94. The lowest BCUT2D eigenvalue weighted by molar-refractivity contribution is 0.586. The van der Waals surface area contributed by atoms with Crippen molar-refractivity contribution >= 4 is 5.96 Å². The summed E-state index contributed by atoms with van der Waals surface area (Å²) in [7, 11) is 0. The van der Waals surface area contributed by atoms with E-state index in [0.717, 1.165) is 0 Å². The smallest absolute Gasteiger partial charge is 0.187 e. The molecule has 0 aromatic carbocycles. The minimum Gasteiger partial charge on any atom is -0.370 e. The van der Waals surface area contributed by atoms with Crippen LogP contribution in [0.25, 0.3) is 0 Å². The van der Waals surface area contributed by atoms with E-state index >= 15 is 0 Å². The normalized spacial score (nSPS) is 12.2. The Hall–Kier alpha value is -1.17. The second kappa shape index (κ2) is 3.78. The molecule has 10 heavy (non-hydrogen) atoms. The maximum absolute atomic E-state index is 5.15.